The van der Waals surface area contributed by atoms with Crippen LogP contribution in [0.3, 0.4) is 0 Å². The molecule has 0 radical (unpaired) electrons. The monoisotopic (exact) mass is 355 g/mol. The zero-order chi connectivity index (χ0) is 18.0. The fourth-order valence-electron chi connectivity index (χ4n) is 3.47. The number of benzene rings is 2. The van der Waals surface area contributed by atoms with Gasteiger partial charge in [0.1, 0.15) is 0 Å². The lowest BCUT2D eigenvalue weighted by molar-refractivity contribution is 0.0696. The van der Waals surface area contributed by atoms with E-state index in [0.717, 1.165) is 34.3 Å². The van der Waals surface area contributed by atoms with Gasteiger partial charge >= 0.3 is 5.97 Å². The predicted octanol–water partition coefficient (Wildman–Crippen LogP) is 5.94. The molecule has 0 unspecified atom stereocenters. The molecule has 2 aromatic carbocycles. The summed E-state index contributed by atoms with van der Waals surface area (Å²) in [6.45, 7) is 5.06. The molecule has 0 fully saturated rings. The fourth-order valence-corrected chi connectivity index (χ4v) is 3.65. The van der Waals surface area contributed by atoms with Crippen LogP contribution >= 0.6 is 11.6 Å². The van der Waals surface area contributed by atoms with Crippen LogP contribution in [-0.4, -0.2) is 15.6 Å². The Balaban J connectivity index is 2.11. The molecule has 1 heterocycles. The first-order valence-electron chi connectivity index (χ1n) is 8.64. The van der Waals surface area contributed by atoms with Crippen LogP contribution in [0.15, 0.2) is 48.5 Å². The number of hydrogen-bond acceptors (Lipinski definition) is 1. The van der Waals surface area contributed by atoms with Crippen molar-refractivity contribution in [2.75, 3.05) is 0 Å². The van der Waals surface area contributed by atoms with Gasteiger partial charge in [0.15, 0.2) is 0 Å². The molecule has 0 aliphatic carbocycles. The highest BCUT2D eigenvalue weighted by Crippen LogP contribution is 2.31. The third-order valence-electron chi connectivity index (χ3n) is 4.81. The Labute approximate surface area is 152 Å². The maximum Gasteiger partial charge on any atom is 0.335 e. The molecule has 3 rings (SSSR count). The summed E-state index contributed by atoms with van der Waals surface area (Å²) in [4.78, 5) is 11.3. The van der Waals surface area contributed by atoms with Crippen molar-refractivity contribution in [2.24, 2.45) is 0 Å². The van der Waals surface area contributed by atoms with Gasteiger partial charge in [-0.15, -0.1) is 0 Å². The summed E-state index contributed by atoms with van der Waals surface area (Å²) in [6, 6.07) is 15.3. The molecule has 1 aromatic heterocycles. The second-order valence-corrected chi connectivity index (χ2v) is 6.81. The number of rotatable bonds is 6. The van der Waals surface area contributed by atoms with Crippen LogP contribution < -0.4 is 0 Å². The average Bonchev–Trinajstić information content (AvgIpc) is 2.94. The van der Waals surface area contributed by atoms with Gasteiger partial charge in [-0.25, -0.2) is 4.79 Å². The molecule has 0 saturated carbocycles. The Morgan fingerprint density at radius 3 is 2.56 bits per heavy atom. The summed E-state index contributed by atoms with van der Waals surface area (Å²) in [5, 5.41) is 11.1. The molecule has 0 atom stereocenters. The van der Waals surface area contributed by atoms with Gasteiger partial charge in [0.2, 0.25) is 0 Å². The van der Waals surface area contributed by atoms with E-state index in [1.165, 1.54) is 5.69 Å². The van der Waals surface area contributed by atoms with Gasteiger partial charge in [-0.3, -0.25) is 0 Å². The molecule has 3 aromatic rings. The average molecular weight is 356 g/mol. The van der Waals surface area contributed by atoms with Crippen molar-refractivity contribution in [2.45, 2.75) is 39.2 Å². The molecule has 0 aliphatic rings. The van der Waals surface area contributed by atoms with E-state index in [-0.39, 0.29) is 0 Å². The molecule has 0 saturated heterocycles. The summed E-state index contributed by atoms with van der Waals surface area (Å²) < 4.78 is 2.30. The summed E-state index contributed by atoms with van der Waals surface area (Å²) in [5.41, 5.74) is 3.72. The molecule has 25 heavy (non-hydrogen) atoms. The molecular formula is C21H22ClNO2. The maximum absolute atomic E-state index is 11.3. The minimum atomic E-state index is -0.897. The van der Waals surface area contributed by atoms with Gasteiger partial charge < -0.3 is 9.67 Å². The zero-order valence-electron chi connectivity index (χ0n) is 14.5. The predicted molar refractivity (Wildman–Crippen MR) is 103 cm³/mol. The molecule has 0 bridgehead atoms. The highest BCUT2D eigenvalue weighted by Gasteiger charge is 2.16. The van der Waals surface area contributed by atoms with Crippen LogP contribution in [0.1, 0.15) is 54.2 Å². The second-order valence-electron chi connectivity index (χ2n) is 6.38. The van der Waals surface area contributed by atoms with E-state index in [1.807, 2.05) is 24.3 Å². The van der Waals surface area contributed by atoms with Crippen molar-refractivity contribution in [1.82, 2.24) is 4.57 Å². The molecule has 1 N–H and O–H groups in total. The number of carbonyl (C=O) groups is 1. The van der Waals surface area contributed by atoms with Crippen LogP contribution in [0, 0.1) is 0 Å². The van der Waals surface area contributed by atoms with Gasteiger partial charge in [0, 0.05) is 28.2 Å². The normalized spacial score (nSPS) is 11.4. The van der Waals surface area contributed by atoms with Crippen LogP contribution in [-0.2, 0) is 6.54 Å². The largest absolute Gasteiger partial charge is 0.478 e. The minimum absolute atomic E-state index is 0.320. The van der Waals surface area contributed by atoms with E-state index in [2.05, 4.69) is 24.5 Å². The van der Waals surface area contributed by atoms with E-state index in [0.29, 0.717) is 18.0 Å². The first-order chi connectivity index (χ1) is 12.0. The first-order valence-corrected chi connectivity index (χ1v) is 9.02. The Morgan fingerprint density at radius 2 is 1.88 bits per heavy atom. The Kier molecular flexibility index (Phi) is 5.14. The molecule has 0 amide bonds. The third kappa shape index (κ3) is 3.57. The molecule has 4 heteroatoms. The van der Waals surface area contributed by atoms with E-state index in [9.17, 15) is 9.90 Å². The quantitative estimate of drug-likeness (QED) is 0.594. The SMILES string of the molecule is CCC(CC)c1cc2cc(Cl)ccc2n1Cc1cccc(C(=O)O)c1. The second kappa shape index (κ2) is 7.32. The van der Waals surface area contributed by atoms with E-state index < -0.39 is 5.97 Å². The highest BCUT2D eigenvalue weighted by molar-refractivity contribution is 6.31. The Hall–Kier alpha value is -2.26. The lowest BCUT2D eigenvalue weighted by atomic mass is 9.99. The highest BCUT2D eigenvalue weighted by atomic mass is 35.5. The zero-order valence-corrected chi connectivity index (χ0v) is 15.3. The lowest BCUT2D eigenvalue weighted by Crippen LogP contribution is -2.09. The van der Waals surface area contributed by atoms with Crippen LogP contribution in [0.25, 0.3) is 10.9 Å². The number of nitrogens with zero attached hydrogens (tertiary/aromatic N) is 1. The number of carboxylic acid groups (broad SMARTS) is 1. The molecule has 130 valence electrons. The fraction of sp³-hybridized carbons (Fsp3) is 0.286. The summed E-state index contributed by atoms with van der Waals surface area (Å²) in [5.74, 6) is -0.431. The Bertz CT molecular complexity index is 909. The van der Waals surface area contributed by atoms with Crippen LogP contribution in [0.2, 0.25) is 5.02 Å². The topological polar surface area (TPSA) is 42.2 Å². The first kappa shape index (κ1) is 17.6. The van der Waals surface area contributed by atoms with Crippen LogP contribution in [0.4, 0.5) is 0 Å². The molecule has 3 nitrogen and oxygen atoms in total. The van der Waals surface area contributed by atoms with Crippen molar-refractivity contribution >= 4 is 28.5 Å². The number of halogens is 1. The van der Waals surface area contributed by atoms with Gasteiger partial charge in [-0.1, -0.05) is 37.6 Å². The summed E-state index contributed by atoms with van der Waals surface area (Å²) in [7, 11) is 0. The number of carboxylic acids is 1. The molecular weight excluding hydrogens is 334 g/mol. The molecule has 0 aliphatic heterocycles. The van der Waals surface area contributed by atoms with E-state index >= 15 is 0 Å². The van der Waals surface area contributed by atoms with Gasteiger partial charge in [-0.2, -0.15) is 0 Å². The van der Waals surface area contributed by atoms with Crippen molar-refractivity contribution in [3.05, 3.63) is 70.4 Å². The van der Waals surface area contributed by atoms with Gasteiger partial charge in [0.05, 0.1) is 5.56 Å². The number of fused-ring (bicyclic) bond motifs is 1. The van der Waals surface area contributed by atoms with E-state index in [4.69, 9.17) is 11.6 Å². The van der Waals surface area contributed by atoms with Crippen molar-refractivity contribution in [3.8, 4) is 0 Å². The van der Waals surface area contributed by atoms with Crippen molar-refractivity contribution in [1.29, 1.82) is 0 Å². The van der Waals surface area contributed by atoms with Crippen LogP contribution in [0.5, 0.6) is 0 Å². The molecule has 0 spiro atoms. The van der Waals surface area contributed by atoms with Crippen molar-refractivity contribution < 1.29 is 9.90 Å². The number of aromatic nitrogens is 1. The standard InChI is InChI=1S/C21H22ClNO2/c1-3-15(4-2)20-12-17-11-18(22)8-9-19(17)23(20)13-14-6-5-7-16(10-14)21(24)25/h5-12,15H,3-4,13H2,1-2H3,(H,24,25). The van der Waals surface area contributed by atoms with E-state index in [1.54, 1.807) is 18.2 Å². The van der Waals surface area contributed by atoms with Crippen molar-refractivity contribution in [3.63, 3.8) is 0 Å². The summed E-state index contributed by atoms with van der Waals surface area (Å²) >= 11 is 6.17. The smallest absolute Gasteiger partial charge is 0.335 e. The lowest BCUT2D eigenvalue weighted by Gasteiger charge is -2.18. The van der Waals surface area contributed by atoms with Gasteiger partial charge in [0.25, 0.3) is 0 Å². The number of aromatic carboxylic acids is 1. The van der Waals surface area contributed by atoms with Gasteiger partial charge in [-0.05, 0) is 60.7 Å². The third-order valence-corrected chi connectivity index (χ3v) is 5.05. The number of hydrogen-bond donors (Lipinski definition) is 1. The summed E-state index contributed by atoms with van der Waals surface area (Å²) in [6.07, 6.45) is 2.13. The maximum atomic E-state index is 11.3. The minimum Gasteiger partial charge on any atom is -0.478 e. The Morgan fingerprint density at radius 1 is 1.12 bits per heavy atom.